The normalized spacial score (nSPS) is 25.1. The van der Waals surface area contributed by atoms with Crippen molar-refractivity contribution < 1.29 is 9.59 Å². The average Bonchev–Trinajstić information content (AvgIpc) is 2.25. The molecule has 1 aliphatic rings. The van der Waals surface area contributed by atoms with Gasteiger partial charge in [0.05, 0.1) is 0 Å². The van der Waals surface area contributed by atoms with Crippen LogP contribution in [0.1, 0.15) is 33.6 Å². The topological polar surface area (TPSA) is 49.4 Å². The Morgan fingerprint density at radius 1 is 1.47 bits per heavy atom. The van der Waals surface area contributed by atoms with Crippen molar-refractivity contribution in [1.29, 1.82) is 0 Å². The monoisotopic (exact) mass is 238 g/mol. The fourth-order valence-electron chi connectivity index (χ4n) is 2.05. The summed E-state index contributed by atoms with van der Waals surface area (Å²) in [5, 5.41) is 2.80. The molecule has 4 nitrogen and oxygen atoms in total. The Morgan fingerprint density at radius 2 is 2.12 bits per heavy atom. The lowest BCUT2D eigenvalue weighted by Gasteiger charge is -2.37. The van der Waals surface area contributed by atoms with Gasteiger partial charge in [-0.3, -0.25) is 9.59 Å². The van der Waals surface area contributed by atoms with Gasteiger partial charge in [-0.1, -0.05) is 19.9 Å². The summed E-state index contributed by atoms with van der Waals surface area (Å²) in [5.74, 6) is 0.367. The Hall–Kier alpha value is -1.32. The summed E-state index contributed by atoms with van der Waals surface area (Å²) < 4.78 is 0. The van der Waals surface area contributed by atoms with Gasteiger partial charge in [-0.25, -0.2) is 0 Å². The van der Waals surface area contributed by atoms with E-state index in [1.165, 1.54) is 0 Å². The highest BCUT2D eigenvalue weighted by Gasteiger charge is 2.37. The average molecular weight is 238 g/mol. The highest BCUT2D eigenvalue weighted by Crippen LogP contribution is 2.15. The van der Waals surface area contributed by atoms with Gasteiger partial charge in [-0.2, -0.15) is 0 Å². The molecule has 0 aliphatic carbocycles. The van der Waals surface area contributed by atoms with E-state index in [4.69, 9.17) is 0 Å². The van der Waals surface area contributed by atoms with E-state index >= 15 is 0 Å². The van der Waals surface area contributed by atoms with Crippen LogP contribution in [0.5, 0.6) is 0 Å². The molecule has 2 amide bonds. The van der Waals surface area contributed by atoms with E-state index in [0.29, 0.717) is 18.9 Å². The van der Waals surface area contributed by atoms with Crippen LogP contribution in [-0.2, 0) is 9.59 Å². The Labute approximate surface area is 103 Å². The molecular formula is C13H22N2O2. The third kappa shape index (κ3) is 3.32. The van der Waals surface area contributed by atoms with Crippen LogP contribution in [0.4, 0.5) is 0 Å². The second-order valence-electron chi connectivity index (χ2n) is 4.98. The third-order valence-corrected chi connectivity index (χ3v) is 3.03. The standard InChI is InChI=1S/C13H22N2O2/c1-5-6-7-15-10(4)12(16)14-11(13(15)17)8-9(2)3/h5,9-11H,1,6-8H2,2-4H3,(H,14,16). The fraction of sp³-hybridized carbons (Fsp3) is 0.692. The van der Waals surface area contributed by atoms with Gasteiger partial charge >= 0.3 is 0 Å². The number of rotatable bonds is 5. The van der Waals surface area contributed by atoms with Crippen LogP contribution in [0.3, 0.4) is 0 Å². The Bertz CT molecular complexity index is 313. The van der Waals surface area contributed by atoms with Crippen molar-refractivity contribution in [2.75, 3.05) is 6.54 Å². The maximum atomic E-state index is 12.2. The first kappa shape index (κ1) is 13.7. The minimum Gasteiger partial charge on any atom is -0.343 e. The number of amides is 2. The number of carbonyl (C=O) groups excluding carboxylic acids is 2. The quantitative estimate of drug-likeness (QED) is 0.734. The summed E-state index contributed by atoms with van der Waals surface area (Å²) in [6, 6.07) is -0.727. The zero-order valence-electron chi connectivity index (χ0n) is 10.9. The van der Waals surface area contributed by atoms with E-state index in [1.807, 2.05) is 13.8 Å². The number of nitrogens with zero attached hydrogens (tertiary/aromatic N) is 1. The molecule has 0 aromatic rings. The predicted octanol–water partition coefficient (Wildman–Crippen LogP) is 1.32. The number of nitrogens with one attached hydrogen (secondary N) is 1. The first-order valence-electron chi connectivity index (χ1n) is 6.19. The molecule has 0 aromatic carbocycles. The molecule has 1 saturated heterocycles. The van der Waals surface area contributed by atoms with Crippen LogP contribution in [0.2, 0.25) is 0 Å². The van der Waals surface area contributed by atoms with Gasteiger partial charge < -0.3 is 10.2 Å². The Kier molecular flexibility index (Phi) is 4.73. The first-order chi connectivity index (χ1) is 7.97. The predicted molar refractivity (Wildman–Crippen MR) is 67.4 cm³/mol. The molecule has 0 saturated carbocycles. The van der Waals surface area contributed by atoms with E-state index in [2.05, 4.69) is 11.9 Å². The summed E-state index contributed by atoms with van der Waals surface area (Å²) in [6.45, 7) is 10.1. The van der Waals surface area contributed by atoms with Gasteiger partial charge in [0, 0.05) is 6.54 Å². The molecule has 1 rings (SSSR count). The molecule has 0 radical (unpaired) electrons. The summed E-state index contributed by atoms with van der Waals surface area (Å²) >= 11 is 0. The number of carbonyl (C=O) groups is 2. The summed E-state index contributed by atoms with van der Waals surface area (Å²) in [5.41, 5.74) is 0. The van der Waals surface area contributed by atoms with Crippen LogP contribution in [0.15, 0.2) is 12.7 Å². The molecule has 1 heterocycles. The highest BCUT2D eigenvalue weighted by atomic mass is 16.2. The van der Waals surface area contributed by atoms with Crippen molar-refractivity contribution in [3.63, 3.8) is 0 Å². The number of piperazine rings is 1. The lowest BCUT2D eigenvalue weighted by molar-refractivity contribution is -0.149. The van der Waals surface area contributed by atoms with Crippen LogP contribution in [0, 0.1) is 5.92 Å². The van der Waals surface area contributed by atoms with Gasteiger partial charge in [0.2, 0.25) is 11.8 Å². The third-order valence-electron chi connectivity index (χ3n) is 3.03. The zero-order valence-corrected chi connectivity index (χ0v) is 10.9. The highest BCUT2D eigenvalue weighted by molar-refractivity contribution is 5.96. The van der Waals surface area contributed by atoms with Crippen molar-refractivity contribution in [2.45, 2.75) is 45.7 Å². The second-order valence-corrected chi connectivity index (χ2v) is 4.98. The minimum absolute atomic E-state index is 0.0349. The van der Waals surface area contributed by atoms with E-state index in [0.717, 1.165) is 6.42 Å². The molecule has 1 aliphatic heterocycles. The van der Waals surface area contributed by atoms with Crippen molar-refractivity contribution in [3.8, 4) is 0 Å². The van der Waals surface area contributed by atoms with Gasteiger partial charge in [-0.15, -0.1) is 6.58 Å². The molecule has 2 atom stereocenters. The van der Waals surface area contributed by atoms with Crippen molar-refractivity contribution in [3.05, 3.63) is 12.7 Å². The van der Waals surface area contributed by atoms with Crippen molar-refractivity contribution >= 4 is 11.8 Å². The SMILES string of the molecule is C=CCCN1C(=O)C(CC(C)C)NC(=O)C1C. The number of hydrogen-bond acceptors (Lipinski definition) is 2. The smallest absolute Gasteiger partial charge is 0.245 e. The Balaban J connectivity index is 2.75. The van der Waals surface area contributed by atoms with E-state index in [9.17, 15) is 9.59 Å². The van der Waals surface area contributed by atoms with Gasteiger partial charge in [0.1, 0.15) is 12.1 Å². The molecule has 4 heteroatoms. The maximum Gasteiger partial charge on any atom is 0.245 e. The van der Waals surface area contributed by atoms with Gasteiger partial charge in [-0.05, 0) is 25.7 Å². The maximum absolute atomic E-state index is 12.2. The van der Waals surface area contributed by atoms with Crippen LogP contribution in [0.25, 0.3) is 0 Å². The molecule has 0 aromatic heterocycles. The van der Waals surface area contributed by atoms with Crippen molar-refractivity contribution in [1.82, 2.24) is 10.2 Å². The summed E-state index contributed by atoms with van der Waals surface area (Å²) in [4.78, 5) is 25.6. The van der Waals surface area contributed by atoms with E-state index < -0.39 is 0 Å². The first-order valence-corrected chi connectivity index (χ1v) is 6.19. The largest absolute Gasteiger partial charge is 0.343 e. The molecule has 2 unspecified atom stereocenters. The van der Waals surface area contributed by atoms with Crippen LogP contribution >= 0.6 is 0 Å². The molecule has 0 bridgehead atoms. The van der Waals surface area contributed by atoms with Gasteiger partial charge in [0.15, 0.2) is 0 Å². The molecule has 1 fully saturated rings. The number of hydrogen-bond donors (Lipinski definition) is 1. The molecule has 17 heavy (non-hydrogen) atoms. The minimum atomic E-state index is -0.370. The zero-order chi connectivity index (χ0) is 13.0. The van der Waals surface area contributed by atoms with E-state index in [-0.39, 0.29) is 23.9 Å². The lowest BCUT2D eigenvalue weighted by Crippen LogP contribution is -2.62. The molecule has 0 spiro atoms. The molecule has 96 valence electrons. The van der Waals surface area contributed by atoms with Crippen LogP contribution in [-0.4, -0.2) is 35.3 Å². The van der Waals surface area contributed by atoms with Crippen LogP contribution < -0.4 is 5.32 Å². The Morgan fingerprint density at radius 3 is 2.65 bits per heavy atom. The fourth-order valence-corrected chi connectivity index (χ4v) is 2.05. The van der Waals surface area contributed by atoms with E-state index in [1.54, 1.807) is 17.9 Å². The summed E-state index contributed by atoms with van der Waals surface area (Å²) in [6.07, 6.45) is 3.18. The van der Waals surface area contributed by atoms with Crippen molar-refractivity contribution in [2.24, 2.45) is 5.92 Å². The molecular weight excluding hydrogens is 216 g/mol. The van der Waals surface area contributed by atoms with Gasteiger partial charge in [0.25, 0.3) is 0 Å². The summed E-state index contributed by atoms with van der Waals surface area (Å²) in [7, 11) is 0. The molecule has 1 N–H and O–H groups in total. The lowest BCUT2D eigenvalue weighted by atomic mass is 9.99. The second kappa shape index (κ2) is 5.84.